The fraction of sp³-hybridized carbons (Fsp3) is 0.350. The SMILES string of the molecule is Nc1nn2ccc3nc2c1C(=O)NCCCOc1ccc(F)cc1C1CCCN31. The van der Waals surface area contributed by atoms with Gasteiger partial charge >= 0.3 is 0 Å². The number of nitrogen functional groups attached to an aromatic ring is 1. The first-order valence-corrected chi connectivity index (χ1v) is 9.74. The number of ether oxygens (including phenoxy) is 1. The fourth-order valence-corrected chi connectivity index (χ4v) is 4.13. The van der Waals surface area contributed by atoms with Crippen molar-refractivity contribution in [1.29, 1.82) is 0 Å². The van der Waals surface area contributed by atoms with Gasteiger partial charge in [0.15, 0.2) is 11.5 Å². The molecule has 1 unspecified atom stereocenters. The van der Waals surface area contributed by atoms with Gasteiger partial charge in [-0.2, -0.15) is 0 Å². The minimum Gasteiger partial charge on any atom is -0.493 e. The Morgan fingerprint density at radius 1 is 1.28 bits per heavy atom. The molecule has 0 radical (unpaired) electrons. The molecule has 0 saturated carbocycles. The number of carbonyl (C=O) groups is 1. The predicted octanol–water partition coefficient (Wildman–Crippen LogP) is 2.30. The summed E-state index contributed by atoms with van der Waals surface area (Å²) in [5, 5.41) is 7.05. The van der Waals surface area contributed by atoms with Crippen molar-refractivity contribution < 1.29 is 13.9 Å². The van der Waals surface area contributed by atoms with Gasteiger partial charge in [-0.05, 0) is 43.5 Å². The smallest absolute Gasteiger partial charge is 0.258 e. The molecule has 2 aromatic heterocycles. The van der Waals surface area contributed by atoms with Gasteiger partial charge in [-0.1, -0.05) is 0 Å². The summed E-state index contributed by atoms with van der Waals surface area (Å²) in [4.78, 5) is 19.5. The molecule has 2 bridgehead atoms. The van der Waals surface area contributed by atoms with Gasteiger partial charge in [-0.15, -0.1) is 5.10 Å². The average Bonchev–Trinajstić information content (AvgIpc) is 3.31. The zero-order valence-electron chi connectivity index (χ0n) is 15.8. The lowest BCUT2D eigenvalue weighted by atomic mass is 10.0. The number of anilines is 2. The molecule has 0 aliphatic carbocycles. The molecule has 2 aliphatic heterocycles. The highest BCUT2D eigenvalue weighted by Crippen LogP contribution is 2.40. The highest BCUT2D eigenvalue weighted by Gasteiger charge is 2.31. The predicted molar refractivity (Wildman–Crippen MR) is 106 cm³/mol. The number of halogens is 1. The first-order chi connectivity index (χ1) is 14.1. The Morgan fingerprint density at radius 3 is 3.07 bits per heavy atom. The molecule has 9 heteroatoms. The van der Waals surface area contributed by atoms with Crippen molar-refractivity contribution in [2.75, 3.05) is 30.3 Å². The summed E-state index contributed by atoms with van der Waals surface area (Å²) < 4.78 is 21.5. The first kappa shape index (κ1) is 17.7. The number of hydrogen-bond acceptors (Lipinski definition) is 6. The van der Waals surface area contributed by atoms with Crippen molar-refractivity contribution in [3.63, 3.8) is 0 Å². The van der Waals surface area contributed by atoms with E-state index in [9.17, 15) is 9.18 Å². The summed E-state index contributed by atoms with van der Waals surface area (Å²) in [5.74, 6) is 0.908. The molecule has 3 aromatic rings. The molecule has 29 heavy (non-hydrogen) atoms. The maximum Gasteiger partial charge on any atom is 0.258 e. The van der Waals surface area contributed by atoms with Crippen LogP contribution in [0.3, 0.4) is 0 Å². The number of amides is 1. The summed E-state index contributed by atoms with van der Waals surface area (Å²) in [5.41, 5.74) is 7.50. The van der Waals surface area contributed by atoms with Crippen LogP contribution in [0, 0.1) is 5.82 Å². The molecule has 1 fully saturated rings. The molecular formula is C20H21FN6O2. The highest BCUT2D eigenvalue weighted by atomic mass is 19.1. The van der Waals surface area contributed by atoms with Crippen LogP contribution >= 0.6 is 0 Å². The Labute approximate surface area is 166 Å². The number of aromatic nitrogens is 3. The van der Waals surface area contributed by atoms with Crippen LogP contribution in [-0.4, -0.2) is 40.2 Å². The molecular weight excluding hydrogens is 375 g/mol. The van der Waals surface area contributed by atoms with Gasteiger partial charge < -0.3 is 20.7 Å². The maximum absolute atomic E-state index is 14.1. The van der Waals surface area contributed by atoms with Crippen LogP contribution in [0.1, 0.15) is 41.2 Å². The molecule has 2 aliphatic rings. The van der Waals surface area contributed by atoms with Gasteiger partial charge in [0.25, 0.3) is 5.91 Å². The van der Waals surface area contributed by atoms with Crippen molar-refractivity contribution in [3.05, 3.63) is 47.4 Å². The third-order valence-electron chi connectivity index (χ3n) is 5.47. The van der Waals surface area contributed by atoms with Crippen LogP contribution in [0.5, 0.6) is 5.75 Å². The Balaban J connectivity index is 1.67. The minimum absolute atomic E-state index is 0.0591. The zero-order valence-corrected chi connectivity index (χ0v) is 15.8. The molecule has 4 heterocycles. The van der Waals surface area contributed by atoms with Crippen LogP contribution in [-0.2, 0) is 0 Å². The molecule has 3 N–H and O–H groups in total. The standard InChI is InChI=1S/C20H21FN6O2/c21-12-4-5-15-13(11-12)14-3-1-8-26(14)16-6-9-27-19(24-16)17(18(22)25-27)20(28)23-7-2-10-29-15/h4-6,9,11,14H,1-3,7-8,10H2,(H2,22,25)(H,23,28). The highest BCUT2D eigenvalue weighted by molar-refractivity contribution is 6.04. The number of benzene rings is 1. The normalized spacial score (nSPS) is 19.4. The number of nitrogens with zero attached hydrogens (tertiary/aromatic N) is 4. The zero-order chi connectivity index (χ0) is 20.0. The molecule has 0 spiro atoms. The van der Waals surface area contributed by atoms with E-state index in [-0.39, 0.29) is 29.1 Å². The van der Waals surface area contributed by atoms with E-state index in [0.717, 1.165) is 24.9 Å². The monoisotopic (exact) mass is 396 g/mol. The Kier molecular flexibility index (Phi) is 4.22. The minimum atomic E-state index is -0.306. The summed E-state index contributed by atoms with van der Waals surface area (Å²) >= 11 is 0. The van der Waals surface area contributed by atoms with E-state index in [1.165, 1.54) is 10.6 Å². The Bertz CT molecular complexity index is 1100. The first-order valence-electron chi connectivity index (χ1n) is 9.74. The second kappa shape index (κ2) is 6.91. The van der Waals surface area contributed by atoms with Gasteiger partial charge in [0, 0.05) is 24.8 Å². The van der Waals surface area contributed by atoms with E-state index < -0.39 is 0 Å². The maximum atomic E-state index is 14.1. The van der Waals surface area contributed by atoms with Crippen LogP contribution in [0.15, 0.2) is 30.5 Å². The molecule has 150 valence electrons. The summed E-state index contributed by atoms with van der Waals surface area (Å²) in [6.45, 7) is 1.60. The summed E-state index contributed by atoms with van der Waals surface area (Å²) in [6, 6.07) is 6.42. The average molecular weight is 396 g/mol. The van der Waals surface area contributed by atoms with E-state index in [1.807, 2.05) is 6.07 Å². The number of rotatable bonds is 0. The van der Waals surface area contributed by atoms with Gasteiger partial charge in [0.05, 0.1) is 12.6 Å². The largest absolute Gasteiger partial charge is 0.493 e. The third-order valence-corrected chi connectivity index (χ3v) is 5.47. The van der Waals surface area contributed by atoms with Crippen molar-refractivity contribution in [1.82, 2.24) is 19.9 Å². The molecule has 8 nitrogen and oxygen atoms in total. The molecule has 1 amide bonds. The molecule has 1 atom stereocenters. The van der Waals surface area contributed by atoms with E-state index in [0.29, 0.717) is 36.8 Å². The third kappa shape index (κ3) is 3.02. The lowest BCUT2D eigenvalue weighted by molar-refractivity contribution is 0.0954. The van der Waals surface area contributed by atoms with Gasteiger partial charge in [0.1, 0.15) is 22.9 Å². The van der Waals surface area contributed by atoms with Crippen molar-refractivity contribution in [3.8, 4) is 5.75 Å². The lowest BCUT2D eigenvalue weighted by Gasteiger charge is -2.28. The second-order valence-electron chi connectivity index (χ2n) is 7.31. The topological polar surface area (TPSA) is 97.8 Å². The van der Waals surface area contributed by atoms with Gasteiger partial charge in [0.2, 0.25) is 0 Å². The van der Waals surface area contributed by atoms with E-state index >= 15 is 0 Å². The summed E-state index contributed by atoms with van der Waals surface area (Å²) in [6.07, 6.45) is 4.16. The number of hydrogen-bond donors (Lipinski definition) is 2. The molecule has 5 rings (SSSR count). The van der Waals surface area contributed by atoms with E-state index in [4.69, 9.17) is 15.5 Å². The van der Waals surface area contributed by atoms with Crippen LogP contribution in [0.4, 0.5) is 16.0 Å². The van der Waals surface area contributed by atoms with E-state index in [1.54, 1.807) is 18.3 Å². The number of nitrogens with two attached hydrogens (primary N) is 1. The van der Waals surface area contributed by atoms with Crippen molar-refractivity contribution >= 4 is 23.2 Å². The van der Waals surface area contributed by atoms with Crippen LogP contribution in [0.25, 0.3) is 5.65 Å². The van der Waals surface area contributed by atoms with Gasteiger partial charge in [-0.3, -0.25) is 4.79 Å². The second-order valence-corrected chi connectivity index (χ2v) is 7.31. The molecule has 1 aromatic carbocycles. The van der Waals surface area contributed by atoms with Crippen molar-refractivity contribution in [2.45, 2.75) is 25.3 Å². The Hall–Kier alpha value is -3.36. The van der Waals surface area contributed by atoms with E-state index in [2.05, 4.69) is 15.3 Å². The van der Waals surface area contributed by atoms with Crippen LogP contribution < -0.4 is 20.7 Å². The number of fused-ring (bicyclic) bond motifs is 5. The molecule has 1 saturated heterocycles. The van der Waals surface area contributed by atoms with Crippen LogP contribution in [0.2, 0.25) is 0 Å². The number of carbonyl (C=O) groups excluding carboxylic acids is 1. The lowest BCUT2D eigenvalue weighted by Crippen LogP contribution is -2.28. The van der Waals surface area contributed by atoms with Crippen molar-refractivity contribution in [2.24, 2.45) is 0 Å². The van der Waals surface area contributed by atoms with Gasteiger partial charge in [-0.25, -0.2) is 13.9 Å². The number of nitrogens with one attached hydrogen (secondary N) is 1. The quantitative estimate of drug-likeness (QED) is 0.605. The fourth-order valence-electron chi connectivity index (χ4n) is 4.13. The Morgan fingerprint density at radius 2 is 2.17 bits per heavy atom. The summed E-state index contributed by atoms with van der Waals surface area (Å²) in [7, 11) is 0.